The van der Waals surface area contributed by atoms with E-state index in [4.69, 9.17) is 21.4 Å². The zero-order valence-electron chi connectivity index (χ0n) is 8.92. The molecule has 2 aromatic rings. The number of hydrogen-bond acceptors (Lipinski definition) is 3. The Hall–Kier alpha value is -2.01. The third kappa shape index (κ3) is 2.09. The Morgan fingerprint density at radius 1 is 1.47 bits per heavy atom. The topological polar surface area (TPSA) is 64.4 Å². The normalized spacial score (nSPS) is 10.2. The van der Waals surface area contributed by atoms with Crippen molar-refractivity contribution in [2.24, 2.45) is 0 Å². The summed E-state index contributed by atoms with van der Waals surface area (Å²) in [6.07, 6.45) is 0. The Bertz CT molecular complexity index is 566. The van der Waals surface area contributed by atoms with Gasteiger partial charge < -0.3 is 9.84 Å². The number of aromatic nitrogens is 2. The van der Waals surface area contributed by atoms with E-state index in [2.05, 4.69) is 5.10 Å². The fourth-order valence-electron chi connectivity index (χ4n) is 1.44. The Balaban J connectivity index is 2.56. The quantitative estimate of drug-likeness (QED) is 0.910. The predicted molar refractivity (Wildman–Crippen MR) is 62.1 cm³/mol. The maximum absolute atomic E-state index is 10.8. The van der Waals surface area contributed by atoms with Gasteiger partial charge in [0.1, 0.15) is 16.6 Å². The number of carboxylic acids is 1. The highest BCUT2D eigenvalue weighted by Crippen LogP contribution is 2.25. The van der Waals surface area contributed by atoms with Crippen LogP contribution >= 0.6 is 11.6 Å². The number of rotatable bonds is 3. The van der Waals surface area contributed by atoms with Gasteiger partial charge in [0.2, 0.25) is 0 Å². The summed E-state index contributed by atoms with van der Waals surface area (Å²) in [6.45, 7) is 0. The van der Waals surface area contributed by atoms with E-state index in [1.54, 1.807) is 24.3 Å². The molecule has 5 nitrogen and oxygen atoms in total. The summed E-state index contributed by atoms with van der Waals surface area (Å²) in [5, 5.41) is 12.9. The third-order valence-corrected chi connectivity index (χ3v) is 2.47. The van der Waals surface area contributed by atoms with Crippen LogP contribution < -0.4 is 4.74 Å². The lowest BCUT2D eigenvalue weighted by Gasteiger charge is -2.08. The van der Waals surface area contributed by atoms with Crippen molar-refractivity contribution >= 4 is 17.6 Å². The van der Waals surface area contributed by atoms with Crippen LogP contribution in [0.25, 0.3) is 5.69 Å². The highest BCUT2D eigenvalue weighted by molar-refractivity contribution is 6.30. The molecule has 88 valence electrons. The minimum atomic E-state index is -1.12. The van der Waals surface area contributed by atoms with Crippen molar-refractivity contribution in [1.29, 1.82) is 0 Å². The second-order valence-electron chi connectivity index (χ2n) is 3.24. The average Bonchev–Trinajstić information content (AvgIpc) is 2.71. The van der Waals surface area contributed by atoms with Gasteiger partial charge in [0.25, 0.3) is 0 Å². The molecule has 0 aliphatic heterocycles. The van der Waals surface area contributed by atoms with E-state index >= 15 is 0 Å². The molecule has 0 saturated carbocycles. The number of nitrogens with zero attached hydrogens (tertiary/aromatic N) is 2. The lowest BCUT2D eigenvalue weighted by Crippen LogP contribution is -2.03. The van der Waals surface area contributed by atoms with Gasteiger partial charge in [-0.3, -0.25) is 0 Å². The smallest absolute Gasteiger partial charge is 0.356 e. The molecule has 1 aromatic heterocycles. The van der Waals surface area contributed by atoms with Crippen molar-refractivity contribution in [2.45, 2.75) is 0 Å². The van der Waals surface area contributed by atoms with Gasteiger partial charge in [-0.05, 0) is 12.1 Å². The Labute approximate surface area is 102 Å². The highest BCUT2D eigenvalue weighted by Gasteiger charge is 2.15. The van der Waals surface area contributed by atoms with Crippen LogP contribution in [0.5, 0.6) is 5.75 Å². The predicted octanol–water partition coefficient (Wildman–Crippen LogP) is 2.23. The van der Waals surface area contributed by atoms with Gasteiger partial charge in [-0.1, -0.05) is 23.7 Å². The van der Waals surface area contributed by atoms with Crippen LogP contribution in [0, 0.1) is 0 Å². The third-order valence-electron chi connectivity index (χ3n) is 2.20. The van der Waals surface area contributed by atoms with Crippen molar-refractivity contribution in [3.05, 3.63) is 41.2 Å². The fraction of sp³-hybridized carbons (Fsp3) is 0.0909. The number of halogens is 1. The lowest BCUT2D eigenvalue weighted by molar-refractivity contribution is 0.0690. The number of aromatic carboxylic acids is 1. The minimum Gasteiger partial charge on any atom is -0.494 e. The van der Waals surface area contributed by atoms with Gasteiger partial charge in [0, 0.05) is 6.07 Å². The molecular weight excluding hydrogens is 244 g/mol. The summed E-state index contributed by atoms with van der Waals surface area (Å²) < 4.78 is 6.48. The van der Waals surface area contributed by atoms with Crippen molar-refractivity contribution < 1.29 is 14.6 Å². The molecule has 0 spiro atoms. The summed E-state index contributed by atoms with van der Waals surface area (Å²) >= 11 is 5.93. The van der Waals surface area contributed by atoms with E-state index in [1.807, 2.05) is 0 Å². The summed E-state index contributed by atoms with van der Waals surface area (Å²) in [6, 6.07) is 8.36. The molecule has 0 amide bonds. The first-order valence-corrected chi connectivity index (χ1v) is 5.13. The van der Waals surface area contributed by atoms with Crippen LogP contribution in [0.15, 0.2) is 30.3 Å². The Morgan fingerprint density at radius 3 is 2.76 bits per heavy atom. The molecule has 0 radical (unpaired) electrons. The monoisotopic (exact) mass is 252 g/mol. The van der Waals surface area contributed by atoms with Crippen LogP contribution in [-0.4, -0.2) is 28.0 Å². The Morgan fingerprint density at radius 2 is 2.18 bits per heavy atom. The van der Waals surface area contributed by atoms with Crippen molar-refractivity contribution in [1.82, 2.24) is 9.78 Å². The molecule has 0 atom stereocenters. The first-order valence-electron chi connectivity index (χ1n) is 4.75. The van der Waals surface area contributed by atoms with Crippen LogP contribution in [0.4, 0.5) is 0 Å². The molecule has 0 fully saturated rings. The Kier molecular flexibility index (Phi) is 3.01. The molecule has 1 aromatic carbocycles. The second kappa shape index (κ2) is 4.47. The summed E-state index contributed by atoms with van der Waals surface area (Å²) in [4.78, 5) is 10.8. The summed E-state index contributed by atoms with van der Waals surface area (Å²) in [5.74, 6) is -0.560. The van der Waals surface area contributed by atoms with E-state index in [0.29, 0.717) is 11.4 Å². The molecular formula is C11H9ClN2O3. The maximum atomic E-state index is 10.8. The molecule has 0 bridgehead atoms. The minimum absolute atomic E-state index is 0.110. The number of hydrogen-bond donors (Lipinski definition) is 1. The molecule has 17 heavy (non-hydrogen) atoms. The largest absolute Gasteiger partial charge is 0.494 e. The number of carbonyl (C=O) groups is 1. The number of methoxy groups -OCH3 is 1. The van der Waals surface area contributed by atoms with Crippen LogP contribution in [0.3, 0.4) is 0 Å². The van der Waals surface area contributed by atoms with Crippen LogP contribution in [0.2, 0.25) is 5.15 Å². The van der Waals surface area contributed by atoms with Crippen LogP contribution in [-0.2, 0) is 0 Å². The van der Waals surface area contributed by atoms with E-state index in [9.17, 15) is 4.79 Å². The van der Waals surface area contributed by atoms with Gasteiger partial charge >= 0.3 is 5.97 Å². The first-order chi connectivity index (χ1) is 8.13. The number of benzene rings is 1. The van der Waals surface area contributed by atoms with Gasteiger partial charge in [-0.2, -0.15) is 5.10 Å². The van der Waals surface area contributed by atoms with Gasteiger partial charge in [0.05, 0.1) is 7.11 Å². The van der Waals surface area contributed by atoms with E-state index in [0.717, 1.165) is 0 Å². The number of carboxylic acid groups (broad SMARTS) is 1. The van der Waals surface area contributed by atoms with Gasteiger partial charge in [0.15, 0.2) is 5.69 Å². The molecule has 1 N–H and O–H groups in total. The van der Waals surface area contributed by atoms with Crippen LogP contribution in [0.1, 0.15) is 10.5 Å². The van der Waals surface area contributed by atoms with Gasteiger partial charge in [-0.15, -0.1) is 0 Å². The second-order valence-corrected chi connectivity index (χ2v) is 3.63. The molecule has 6 heteroatoms. The van der Waals surface area contributed by atoms with E-state index in [-0.39, 0.29) is 10.8 Å². The first kappa shape index (κ1) is 11.5. The fourth-order valence-corrected chi connectivity index (χ4v) is 1.67. The molecule has 1 heterocycles. The standard InChI is InChI=1S/C11H9ClN2O3/c1-17-9-5-3-2-4-8(9)14-10(12)6-7(13-14)11(15)16/h2-6H,1H3,(H,15,16). The van der Waals surface area contributed by atoms with Crippen molar-refractivity contribution in [2.75, 3.05) is 7.11 Å². The maximum Gasteiger partial charge on any atom is 0.356 e. The number of ether oxygens (including phenoxy) is 1. The lowest BCUT2D eigenvalue weighted by atomic mass is 10.3. The summed E-state index contributed by atoms with van der Waals surface area (Å²) in [7, 11) is 1.52. The zero-order valence-corrected chi connectivity index (χ0v) is 9.68. The molecule has 0 saturated heterocycles. The highest BCUT2D eigenvalue weighted by atomic mass is 35.5. The molecule has 0 unspecified atom stereocenters. The van der Waals surface area contributed by atoms with Gasteiger partial charge in [-0.25, -0.2) is 9.48 Å². The molecule has 0 aliphatic rings. The van der Waals surface area contributed by atoms with Crippen molar-refractivity contribution in [3.63, 3.8) is 0 Å². The van der Waals surface area contributed by atoms with E-state index < -0.39 is 5.97 Å². The summed E-state index contributed by atoms with van der Waals surface area (Å²) in [5.41, 5.74) is 0.480. The molecule has 0 aliphatic carbocycles. The average molecular weight is 253 g/mol. The number of para-hydroxylation sites is 2. The molecule has 2 rings (SSSR count). The van der Waals surface area contributed by atoms with Crippen molar-refractivity contribution in [3.8, 4) is 11.4 Å². The zero-order chi connectivity index (χ0) is 12.4. The SMILES string of the molecule is COc1ccccc1-n1nc(C(=O)O)cc1Cl. The van der Waals surface area contributed by atoms with E-state index in [1.165, 1.54) is 17.9 Å².